The van der Waals surface area contributed by atoms with E-state index in [1.165, 1.54) is 22.3 Å². The Kier molecular flexibility index (Phi) is 12.0. The van der Waals surface area contributed by atoms with Gasteiger partial charge in [0, 0.05) is 35.6 Å². The van der Waals surface area contributed by atoms with E-state index in [0.717, 1.165) is 66.8 Å². The van der Waals surface area contributed by atoms with Gasteiger partial charge in [0.25, 0.3) is 0 Å². The normalized spacial score (nSPS) is 21.7. The Morgan fingerprint density at radius 1 is 0.430 bits per heavy atom. The number of halogens is 3. The molecule has 390 valence electrons. The molecule has 0 amide bonds. The summed E-state index contributed by atoms with van der Waals surface area (Å²) in [6.07, 6.45) is -3.95. The topological polar surface area (TPSA) is 178 Å². The first-order chi connectivity index (χ1) is 38.1. The third kappa shape index (κ3) is 7.45. The Bertz CT molecular complexity index is 3550. The van der Waals surface area contributed by atoms with Gasteiger partial charge in [-0.3, -0.25) is 0 Å². The second-order valence-corrected chi connectivity index (χ2v) is 20.4. The Labute approximate surface area is 451 Å². The molecule has 2 N–H and O–H groups in total. The number of aromatic hydroxyl groups is 1. The van der Waals surface area contributed by atoms with Crippen LogP contribution in [0, 0.1) is 5.92 Å². The van der Waals surface area contributed by atoms with Crippen LogP contribution < -0.4 is 15.3 Å². The molecule has 9 aliphatic rings. The molecule has 0 aromatic heterocycles. The molecule has 6 bridgehead atoms. The van der Waals surface area contributed by atoms with Gasteiger partial charge in [-0.25, -0.2) is 4.79 Å². The van der Waals surface area contributed by atoms with Crippen molar-refractivity contribution in [3.8, 4) is 5.75 Å². The van der Waals surface area contributed by atoms with Crippen molar-refractivity contribution < 1.29 is 57.9 Å². The summed E-state index contributed by atoms with van der Waals surface area (Å²) in [5, 5.41) is 53.8. The van der Waals surface area contributed by atoms with Crippen LogP contribution in [0.3, 0.4) is 0 Å². The van der Waals surface area contributed by atoms with Gasteiger partial charge < -0.3 is 39.9 Å². The van der Waals surface area contributed by atoms with E-state index in [9.17, 15) is 47.7 Å². The molecule has 0 spiro atoms. The lowest BCUT2D eigenvalue weighted by molar-refractivity contribution is -0.313. The van der Waals surface area contributed by atoms with E-state index in [-0.39, 0.29) is 23.7 Å². The minimum Gasteiger partial charge on any atom is -0.550 e. The molecule has 0 heterocycles. The predicted octanol–water partition coefficient (Wildman–Crippen LogP) is 9.30. The number of aliphatic carboxylic acids is 3. The molecule has 9 aromatic carbocycles. The number of alkyl halides is 3. The van der Waals surface area contributed by atoms with Gasteiger partial charge in [0.1, 0.15) is 11.3 Å². The first-order valence-electron chi connectivity index (χ1n) is 25.6. The Hall–Kier alpha value is -9.55. The number of benzene rings is 9. The molecule has 12 heteroatoms. The minimum absolute atomic E-state index is 0.0394. The fourth-order valence-electron chi connectivity index (χ4n) is 13.8. The first-order valence-corrected chi connectivity index (χ1v) is 25.6. The molecule has 79 heavy (non-hydrogen) atoms. The van der Waals surface area contributed by atoms with E-state index in [1.807, 2.05) is 170 Å². The highest BCUT2D eigenvalue weighted by Gasteiger charge is 2.54. The SMILES string of the molecule is O=C(O)c1cc(C(F)(F)F)ccc1O.O=C([O-])C12c3ccccc3C(c3ccccc31)c1ccccc12.O=C([O-])C12c3ccccc3C(c3ccccc31)c1ccccc12.O=C([O-])C1CC2c3ccccc3C1c1ccccc12. The van der Waals surface area contributed by atoms with Gasteiger partial charge in [0.15, 0.2) is 0 Å². The number of fused-ring (bicyclic) bond motifs is 1. The molecule has 1 unspecified atom stereocenters. The van der Waals surface area contributed by atoms with E-state index in [0.29, 0.717) is 24.6 Å². The van der Waals surface area contributed by atoms with Gasteiger partial charge in [-0.15, -0.1) is 0 Å². The van der Waals surface area contributed by atoms with E-state index in [4.69, 9.17) is 10.2 Å². The molecular formula is C67H44F3O9-3. The molecule has 0 saturated carbocycles. The van der Waals surface area contributed by atoms with Crippen LogP contribution in [0.15, 0.2) is 212 Å². The number of carboxylic acids is 4. The average Bonchev–Trinajstić information content (AvgIpc) is 2.35. The molecule has 0 saturated heterocycles. The van der Waals surface area contributed by atoms with E-state index in [2.05, 4.69) is 24.3 Å². The smallest absolute Gasteiger partial charge is 0.416 e. The predicted molar refractivity (Wildman–Crippen MR) is 280 cm³/mol. The average molecular weight is 1050 g/mol. The fraction of sp³-hybridized carbons (Fsp3) is 0.134. The maximum Gasteiger partial charge on any atom is 0.416 e. The highest BCUT2D eigenvalue weighted by molar-refractivity contribution is 5.96. The zero-order chi connectivity index (χ0) is 55.1. The van der Waals surface area contributed by atoms with Crippen molar-refractivity contribution in [2.45, 2.75) is 47.1 Å². The van der Waals surface area contributed by atoms with Crippen molar-refractivity contribution >= 4 is 23.9 Å². The second-order valence-electron chi connectivity index (χ2n) is 20.4. The summed E-state index contributed by atoms with van der Waals surface area (Å²) in [7, 11) is 0. The highest BCUT2D eigenvalue weighted by atomic mass is 19.4. The lowest BCUT2D eigenvalue weighted by Crippen LogP contribution is -2.53. The van der Waals surface area contributed by atoms with Crippen LogP contribution in [0.1, 0.15) is 135 Å². The number of aromatic carboxylic acids is 1. The number of rotatable bonds is 4. The molecule has 0 radical (unpaired) electrons. The summed E-state index contributed by atoms with van der Waals surface area (Å²) >= 11 is 0. The van der Waals surface area contributed by atoms with Gasteiger partial charge in [-0.2, -0.15) is 13.2 Å². The van der Waals surface area contributed by atoms with Crippen molar-refractivity contribution in [2.75, 3.05) is 0 Å². The third-order valence-corrected chi connectivity index (χ3v) is 16.8. The lowest BCUT2D eigenvalue weighted by Gasteiger charge is -2.51. The molecule has 9 aromatic rings. The van der Waals surface area contributed by atoms with Crippen LogP contribution in [-0.2, 0) is 31.4 Å². The standard InChI is InChI=1S/2C21H14O2.C17H14O2.C8H5F3O3/c2*22-20(23)21-16-10-4-1-7-13(16)19(14-8-2-5-11-17(14)21)15-9-3-6-12-18(15)21;18-17(19)15-9-14-10-5-1-3-7-12(10)16(15)13-8-4-2-6-11(13)14;9-8(10,11)4-1-2-6(12)5(3-4)7(13)14/h2*1-12,19H,(H,22,23);1-8,14-16H,9H2,(H,18,19);1-3,12H,(H,13,14)/p-3. The first kappa shape index (κ1) is 50.3. The largest absolute Gasteiger partial charge is 0.550 e. The van der Waals surface area contributed by atoms with Crippen LogP contribution in [0.25, 0.3) is 0 Å². The van der Waals surface area contributed by atoms with Crippen molar-refractivity contribution in [3.63, 3.8) is 0 Å². The van der Waals surface area contributed by atoms with Crippen LogP contribution in [0.4, 0.5) is 13.2 Å². The zero-order valence-electron chi connectivity index (χ0n) is 41.7. The van der Waals surface area contributed by atoms with Crippen molar-refractivity contribution in [3.05, 3.63) is 312 Å². The van der Waals surface area contributed by atoms with E-state index in [1.54, 1.807) is 0 Å². The minimum atomic E-state index is -4.61. The number of hydrogen-bond acceptors (Lipinski definition) is 8. The van der Waals surface area contributed by atoms with Gasteiger partial charge in [-0.1, -0.05) is 194 Å². The molecule has 1 atom stereocenters. The van der Waals surface area contributed by atoms with E-state index < -0.39 is 63.7 Å². The quantitative estimate of drug-likeness (QED) is 0.174. The maximum atomic E-state index is 12.5. The monoisotopic (exact) mass is 1050 g/mol. The second kappa shape index (κ2) is 18.9. The summed E-state index contributed by atoms with van der Waals surface area (Å²) in [6, 6.07) is 65.4. The number of carboxylic acid groups (broad SMARTS) is 4. The lowest BCUT2D eigenvalue weighted by atomic mass is 9.53. The molecule has 18 rings (SSSR count). The van der Waals surface area contributed by atoms with Crippen LogP contribution in [0.5, 0.6) is 5.75 Å². The third-order valence-electron chi connectivity index (χ3n) is 16.8. The van der Waals surface area contributed by atoms with Gasteiger partial charge in [0.05, 0.1) is 28.3 Å². The Balaban J connectivity index is 0.000000107. The number of carbonyl (C=O) groups excluding carboxylic acids is 3. The Morgan fingerprint density at radius 3 is 1.00 bits per heavy atom. The van der Waals surface area contributed by atoms with Gasteiger partial charge in [-0.05, 0) is 114 Å². The highest BCUT2D eigenvalue weighted by Crippen LogP contribution is 2.61. The van der Waals surface area contributed by atoms with Crippen molar-refractivity contribution in [2.24, 2.45) is 5.92 Å². The molecular weight excluding hydrogens is 1010 g/mol. The number of carbonyl (C=O) groups is 4. The maximum absolute atomic E-state index is 12.5. The molecule has 0 fully saturated rings. The summed E-state index contributed by atoms with van der Waals surface area (Å²) < 4.78 is 36.3. The number of hydrogen-bond donors (Lipinski definition) is 2. The summed E-state index contributed by atoms with van der Waals surface area (Å²) in [5.41, 5.74) is 12.2. The summed E-state index contributed by atoms with van der Waals surface area (Å²) in [5.74, 6) is -5.35. The molecule has 0 aliphatic heterocycles. The van der Waals surface area contributed by atoms with Crippen LogP contribution in [0.2, 0.25) is 0 Å². The molecule has 9 aliphatic carbocycles. The fourth-order valence-corrected chi connectivity index (χ4v) is 13.8. The molecule has 9 nitrogen and oxygen atoms in total. The van der Waals surface area contributed by atoms with Crippen molar-refractivity contribution in [1.82, 2.24) is 0 Å². The summed E-state index contributed by atoms with van der Waals surface area (Å²) in [4.78, 5) is 46.8. The zero-order valence-corrected chi connectivity index (χ0v) is 41.7. The van der Waals surface area contributed by atoms with E-state index >= 15 is 0 Å². The number of phenols is 1. The summed E-state index contributed by atoms with van der Waals surface area (Å²) in [6.45, 7) is 0. The van der Waals surface area contributed by atoms with Crippen LogP contribution >= 0.6 is 0 Å². The van der Waals surface area contributed by atoms with Crippen LogP contribution in [-0.4, -0.2) is 34.1 Å². The van der Waals surface area contributed by atoms with Crippen molar-refractivity contribution in [1.29, 1.82) is 0 Å². The van der Waals surface area contributed by atoms with Gasteiger partial charge in [0.2, 0.25) is 0 Å². The van der Waals surface area contributed by atoms with Gasteiger partial charge >= 0.3 is 12.1 Å². The Morgan fingerprint density at radius 2 is 0.722 bits per heavy atom.